The molecule has 5 rings (SSSR count). The monoisotopic (exact) mass is 304 g/mol. The third-order valence-electron chi connectivity index (χ3n) is 6.49. The van der Waals surface area contributed by atoms with Gasteiger partial charge in [-0.05, 0) is 18.3 Å². The smallest absolute Gasteiger partial charge is 0.214 e. The molecule has 1 saturated carbocycles. The lowest BCUT2D eigenvalue weighted by Gasteiger charge is -2.33. The van der Waals surface area contributed by atoms with E-state index in [4.69, 9.17) is 15.1 Å². The van der Waals surface area contributed by atoms with Gasteiger partial charge in [0.1, 0.15) is 0 Å². The summed E-state index contributed by atoms with van der Waals surface area (Å²) in [4.78, 5) is 9.65. The van der Waals surface area contributed by atoms with Crippen molar-refractivity contribution in [3.63, 3.8) is 0 Å². The number of rotatable bonds is 1. The van der Waals surface area contributed by atoms with E-state index in [9.17, 15) is 0 Å². The van der Waals surface area contributed by atoms with Crippen LogP contribution in [0.4, 0.5) is 0 Å². The molecule has 0 aliphatic heterocycles. The van der Waals surface area contributed by atoms with E-state index in [0.29, 0.717) is 11.7 Å². The molecule has 2 bridgehead atoms. The van der Waals surface area contributed by atoms with Crippen molar-refractivity contribution < 1.29 is 0 Å². The van der Waals surface area contributed by atoms with Crippen LogP contribution < -0.4 is 0 Å². The normalized spacial score (nSPS) is 27.5. The van der Waals surface area contributed by atoms with Crippen LogP contribution in [0, 0.1) is 5.41 Å². The molecule has 23 heavy (non-hydrogen) atoms. The van der Waals surface area contributed by atoms with Crippen molar-refractivity contribution in [2.24, 2.45) is 5.41 Å². The summed E-state index contributed by atoms with van der Waals surface area (Å²) < 4.78 is 1.86. The zero-order chi connectivity index (χ0) is 15.8. The minimum absolute atomic E-state index is 0.126. The predicted molar refractivity (Wildman–Crippen MR) is 89.3 cm³/mol. The fraction of sp³-hybridized carbons (Fsp3) is 0.421. The van der Waals surface area contributed by atoms with E-state index in [0.717, 1.165) is 11.3 Å². The SMILES string of the molecule is CC12CCC(c3nn4cc(-c5ccccc5)nc4nc31)C2(C)C. The molecule has 2 aromatic heterocycles. The average molecular weight is 304 g/mol. The molecule has 2 atom stereocenters. The van der Waals surface area contributed by atoms with E-state index in [-0.39, 0.29) is 10.8 Å². The van der Waals surface area contributed by atoms with E-state index in [1.54, 1.807) is 0 Å². The maximum absolute atomic E-state index is 4.94. The molecule has 0 saturated heterocycles. The lowest BCUT2D eigenvalue weighted by molar-refractivity contribution is 0.227. The third kappa shape index (κ3) is 1.49. The number of aromatic nitrogens is 4. The van der Waals surface area contributed by atoms with Gasteiger partial charge >= 0.3 is 0 Å². The van der Waals surface area contributed by atoms with Gasteiger partial charge in [-0.2, -0.15) is 5.10 Å². The Hall–Kier alpha value is -2.23. The Morgan fingerprint density at radius 3 is 2.65 bits per heavy atom. The number of hydrogen-bond donors (Lipinski definition) is 0. The molecule has 0 N–H and O–H groups in total. The maximum Gasteiger partial charge on any atom is 0.251 e. The Labute approximate surface area is 135 Å². The van der Waals surface area contributed by atoms with Crippen molar-refractivity contribution in [3.8, 4) is 11.3 Å². The second-order valence-corrected chi connectivity index (χ2v) is 7.73. The highest BCUT2D eigenvalue weighted by atomic mass is 15.3. The largest absolute Gasteiger partial charge is 0.251 e. The second kappa shape index (κ2) is 3.99. The van der Waals surface area contributed by atoms with Crippen LogP contribution in [-0.2, 0) is 5.41 Å². The highest BCUT2D eigenvalue weighted by Crippen LogP contribution is 2.66. The van der Waals surface area contributed by atoms with Crippen LogP contribution in [0.2, 0.25) is 0 Å². The van der Waals surface area contributed by atoms with Crippen molar-refractivity contribution in [1.29, 1.82) is 0 Å². The predicted octanol–water partition coefficient (Wildman–Crippen LogP) is 3.97. The summed E-state index contributed by atoms with van der Waals surface area (Å²) in [6.45, 7) is 7.09. The van der Waals surface area contributed by atoms with Crippen LogP contribution in [0.5, 0.6) is 0 Å². The number of imidazole rings is 1. The summed E-state index contributed by atoms with van der Waals surface area (Å²) in [5.74, 6) is 1.23. The van der Waals surface area contributed by atoms with E-state index < -0.39 is 0 Å². The molecule has 2 heterocycles. The highest BCUT2D eigenvalue weighted by Gasteiger charge is 2.61. The third-order valence-corrected chi connectivity index (χ3v) is 6.49. The van der Waals surface area contributed by atoms with Gasteiger partial charge in [0.15, 0.2) is 0 Å². The van der Waals surface area contributed by atoms with Crippen molar-refractivity contribution in [2.75, 3.05) is 0 Å². The van der Waals surface area contributed by atoms with Gasteiger partial charge in [0.25, 0.3) is 5.78 Å². The molecule has 4 heteroatoms. The van der Waals surface area contributed by atoms with Crippen molar-refractivity contribution in [3.05, 3.63) is 47.9 Å². The first-order valence-electron chi connectivity index (χ1n) is 8.34. The summed E-state index contributed by atoms with van der Waals surface area (Å²) in [7, 11) is 0. The molecule has 0 amide bonds. The van der Waals surface area contributed by atoms with E-state index in [1.807, 2.05) is 28.9 Å². The molecule has 116 valence electrons. The molecular formula is C19H20N4. The zero-order valence-corrected chi connectivity index (χ0v) is 13.7. The first-order chi connectivity index (χ1) is 11.0. The topological polar surface area (TPSA) is 43.1 Å². The van der Waals surface area contributed by atoms with Crippen LogP contribution in [0.1, 0.15) is 50.9 Å². The van der Waals surface area contributed by atoms with Crippen LogP contribution in [0.15, 0.2) is 36.5 Å². The summed E-state index contributed by atoms with van der Waals surface area (Å²) in [6, 6.07) is 10.2. The van der Waals surface area contributed by atoms with Gasteiger partial charge in [-0.15, -0.1) is 0 Å². The average Bonchev–Trinajstić information content (AvgIpc) is 3.11. The van der Waals surface area contributed by atoms with Gasteiger partial charge in [0.2, 0.25) is 0 Å². The van der Waals surface area contributed by atoms with Crippen LogP contribution in [0.25, 0.3) is 17.0 Å². The van der Waals surface area contributed by atoms with Crippen LogP contribution >= 0.6 is 0 Å². The van der Waals surface area contributed by atoms with E-state index >= 15 is 0 Å². The molecule has 1 fully saturated rings. The zero-order valence-electron chi connectivity index (χ0n) is 13.7. The summed E-state index contributed by atoms with van der Waals surface area (Å²) >= 11 is 0. The number of nitrogens with zero attached hydrogens (tertiary/aromatic N) is 4. The van der Waals surface area contributed by atoms with Gasteiger partial charge in [-0.25, -0.2) is 14.5 Å². The Morgan fingerprint density at radius 1 is 1.09 bits per heavy atom. The minimum Gasteiger partial charge on any atom is -0.214 e. The summed E-state index contributed by atoms with van der Waals surface area (Å²) in [5, 5.41) is 4.92. The Kier molecular flexibility index (Phi) is 2.30. The minimum atomic E-state index is 0.126. The lowest BCUT2D eigenvalue weighted by atomic mass is 9.70. The number of hydrogen-bond acceptors (Lipinski definition) is 3. The van der Waals surface area contributed by atoms with Crippen LogP contribution in [0.3, 0.4) is 0 Å². The first kappa shape index (κ1) is 13.2. The molecule has 2 aliphatic rings. The Balaban J connectivity index is 1.72. The first-order valence-corrected chi connectivity index (χ1v) is 8.34. The van der Waals surface area contributed by atoms with E-state index in [2.05, 4.69) is 32.9 Å². The lowest BCUT2D eigenvalue weighted by Crippen LogP contribution is -2.32. The molecule has 0 spiro atoms. The quantitative estimate of drug-likeness (QED) is 0.683. The molecule has 3 aromatic rings. The fourth-order valence-electron chi connectivity index (χ4n) is 4.62. The number of benzene rings is 1. The molecule has 2 unspecified atom stereocenters. The summed E-state index contributed by atoms with van der Waals surface area (Å²) in [6.07, 6.45) is 4.42. The van der Waals surface area contributed by atoms with Crippen molar-refractivity contribution in [2.45, 2.75) is 44.9 Å². The molecule has 1 aromatic carbocycles. The Morgan fingerprint density at radius 2 is 1.87 bits per heavy atom. The van der Waals surface area contributed by atoms with Crippen molar-refractivity contribution in [1.82, 2.24) is 19.6 Å². The Bertz CT molecular complexity index is 925. The molecule has 4 nitrogen and oxygen atoms in total. The van der Waals surface area contributed by atoms with E-state index in [1.165, 1.54) is 24.2 Å². The van der Waals surface area contributed by atoms with Gasteiger partial charge in [-0.1, -0.05) is 51.1 Å². The molecule has 2 aliphatic carbocycles. The van der Waals surface area contributed by atoms with Gasteiger partial charge in [-0.3, -0.25) is 0 Å². The van der Waals surface area contributed by atoms with Gasteiger partial charge in [0.05, 0.1) is 23.3 Å². The fourth-order valence-corrected chi connectivity index (χ4v) is 4.62. The van der Waals surface area contributed by atoms with Crippen LogP contribution in [-0.4, -0.2) is 19.6 Å². The van der Waals surface area contributed by atoms with Crippen molar-refractivity contribution >= 4 is 5.78 Å². The maximum atomic E-state index is 4.94. The standard InChI is InChI=1S/C19H20N4/c1-18(2)13-9-10-19(18,3)16-15(13)22-23-11-14(20-17(23)21-16)12-7-5-4-6-8-12/h4-8,11,13H,9-10H2,1-3H3. The molecular weight excluding hydrogens is 284 g/mol. The summed E-state index contributed by atoms with van der Waals surface area (Å²) in [5.41, 5.74) is 4.77. The molecule has 0 radical (unpaired) electrons. The van der Waals surface area contributed by atoms with Gasteiger partial charge in [0, 0.05) is 16.9 Å². The number of fused-ring (bicyclic) bond motifs is 6. The van der Waals surface area contributed by atoms with Gasteiger partial charge < -0.3 is 0 Å². The second-order valence-electron chi connectivity index (χ2n) is 7.73. The highest BCUT2D eigenvalue weighted by molar-refractivity contribution is 5.61.